The van der Waals surface area contributed by atoms with Gasteiger partial charge in [0.05, 0.1) is 0 Å². The molecule has 2 atom stereocenters. The highest BCUT2D eigenvalue weighted by Crippen LogP contribution is 2.34. The van der Waals surface area contributed by atoms with Crippen molar-refractivity contribution >= 4 is 16.5 Å². The summed E-state index contributed by atoms with van der Waals surface area (Å²) in [5.41, 5.74) is 0. The molecule has 2 aliphatic rings. The predicted molar refractivity (Wildman–Crippen MR) is 61.5 cm³/mol. The molecule has 0 aliphatic carbocycles. The average molecular weight is 278 g/mol. The lowest BCUT2D eigenvalue weighted by Gasteiger charge is -2.29. The third-order valence-corrected chi connectivity index (χ3v) is 4.37. The monoisotopic (exact) mass is 278 g/mol. The number of nitrogens with one attached hydrogen (secondary N) is 2. The van der Waals surface area contributed by atoms with Gasteiger partial charge in [0.25, 0.3) is 0 Å². The minimum Gasteiger partial charge on any atom is -0.357 e. The van der Waals surface area contributed by atoms with E-state index >= 15 is 0 Å². The molecule has 2 saturated heterocycles. The van der Waals surface area contributed by atoms with Crippen LogP contribution in [0, 0.1) is 0 Å². The fourth-order valence-electron chi connectivity index (χ4n) is 2.75. The van der Waals surface area contributed by atoms with Crippen molar-refractivity contribution in [2.45, 2.75) is 50.0 Å². The smallest absolute Gasteiger partial charge is 0.357 e. The molecule has 1 aromatic rings. The molecule has 8 heteroatoms. The van der Waals surface area contributed by atoms with E-state index in [1.165, 1.54) is 0 Å². The lowest BCUT2D eigenvalue weighted by molar-refractivity contribution is -0.138. The van der Waals surface area contributed by atoms with Gasteiger partial charge in [0.2, 0.25) is 10.1 Å². The molecule has 0 amide bonds. The topological polar surface area (TPSA) is 49.8 Å². The van der Waals surface area contributed by atoms with Crippen LogP contribution in [-0.4, -0.2) is 28.3 Å². The molecule has 18 heavy (non-hydrogen) atoms. The molecule has 0 spiro atoms. The van der Waals surface area contributed by atoms with Gasteiger partial charge in [-0.1, -0.05) is 11.3 Å². The van der Waals surface area contributed by atoms with E-state index in [9.17, 15) is 13.2 Å². The number of aromatic nitrogens is 2. The zero-order valence-corrected chi connectivity index (χ0v) is 10.3. The highest BCUT2D eigenvalue weighted by Gasteiger charge is 2.37. The first-order chi connectivity index (χ1) is 8.50. The Kier molecular flexibility index (Phi) is 2.93. The van der Waals surface area contributed by atoms with Crippen molar-refractivity contribution in [3.05, 3.63) is 5.01 Å². The van der Waals surface area contributed by atoms with Gasteiger partial charge in [-0.3, -0.25) is 0 Å². The summed E-state index contributed by atoms with van der Waals surface area (Å²) < 4.78 is 37.2. The van der Waals surface area contributed by atoms with E-state index in [0.29, 0.717) is 23.4 Å². The van der Waals surface area contributed by atoms with Crippen LogP contribution < -0.4 is 10.6 Å². The van der Waals surface area contributed by atoms with Crippen LogP contribution in [0.4, 0.5) is 18.3 Å². The number of fused-ring (bicyclic) bond motifs is 2. The number of piperidine rings is 1. The number of alkyl halides is 3. The summed E-state index contributed by atoms with van der Waals surface area (Å²) in [4.78, 5) is 0. The molecular weight excluding hydrogens is 265 g/mol. The molecule has 2 aliphatic heterocycles. The van der Waals surface area contributed by atoms with Crippen molar-refractivity contribution in [1.29, 1.82) is 0 Å². The summed E-state index contributed by atoms with van der Waals surface area (Å²) in [5.74, 6) is 0. The Bertz CT molecular complexity index is 421. The second kappa shape index (κ2) is 4.34. The number of nitrogens with zero attached hydrogens (tertiary/aromatic N) is 2. The molecule has 0 saturated carbocycles. The van der Waals surface area contributed by atoms with Gasteiger partial charge in [-0.25, -0.2) is 0 Å². The van der Waals surface area contributed by atoms with Gasteiger partial charge >= 0.3 is 6.18 Å². The highest BCUT2D eigenvalue weighted by atomic mass is 32.1. The number of hydrogen-bond donors (Lipinski definition) is 2. The maximum absolute atomic E-state index is 12.4. The average Bonchev–Trinajstić information content (AvgIpc) is 2.85. The van der Waals surface area contributed by atoms with Crippen LogP contribution in [0.5, 0.6) is 0 Å². The van der Waals surface area contributed by atoms with Crippen LogP contribution in [0.1, 0.15) is 30.7 Å². The number of rotatable bonds is 2. The second-order valence-corrected chi connectivity index (χ2v) is 5.84. The highest BCUT2D eigenvalue weighted by molar-refractivity contribution is 7.15. The summed E-state index contributed by atoms with van der Waals surface area (Å²) in [6.07, 6.45) is -0.195. The van der Waals surface area contributed by atoms with E-state index in [4.69, 9.17) is 0 Å². The summed E-state index contributed by atoms with van der Waals surface area (Å²) in [7, 11) is 0. The van der Waals surface area contributed by atoms with E-state index < -0.39 is 11.2 Å². The molecule has 1 aromatic heterocycles. The van der Waals surface area contributed by atoms with Gasteiger partial charge < -0.3 is 10.6 Å². The van der Waals surface area contributed by atoms with E-state index in [-0.39, 0.29) is 11.2 Å². The molecule has 0 radical (unpaired) electrons. The summed E-state index contributed by atoms with van der Waals surface area (Å²) in [6.45, 7) is 0. The third-order valence-electron chi connectivity index (χ3n) is 3.47. The minimum absolute atomic E-state index is 0.206. The van der Waals surface area contributed by atoms with Crippen molar-refractivity contribution in [2.75, 3.05) is 5.32 Å². The van der Waals surface area contributed by atoms with Crippen LogP contribution in [0.25, 0.3) is 0 Å². The zero-order valence-electron chi connectivity index (χ0n) is 9.50. The lowest BCUT2D eigenvalue weighted by atomic mass is 10.0. The normalized spacial score (nSPS) is 31.6. The van der Waals surface area contributed by atoms with Crippen molar-refractivity contribution in [3.8, 4) is 0 Å². The van der Waals surface area contributed by atoms with Crippen molar-refractivity contribution < 1.29 is 13.2 Å². The summed E-state index contributed by atoms with van der Waals surface area (Å²) in [5, 5.41) is 12.7. The molecule has 2 bridgehead atoms. The Balaban J connectivity index is 1.64. The van der Waals surface area contributed by atoms with Crippen LogP contribution >= 0.6 is 11.3 Å². The first kappa shape index (κ1) is 12.2. The fraction of sp³-hybridized carbons (Fsp3) is 0.800. The van der Waals surface area contributed by atoms with E-state index in [2.05, 4.69) is 20.8 Å². The largest absolute Gasteiger partial charge is 0.445 e. The van der Waals surface area contributed by atoms with Crippen molar-refractivity contribution in [3.63, 3.8) is 0 Å². The fourth-order valence-corrected chi connectivity index (χ4v) is 3.43. The second-order valence-electron chi connectivity index (χ2n) is 4.86. The Morgan fingerprint density at radius 1 is 1.17 bits per heavy atom. The molecule has 4 nitrogen and oxygen atoms in total. The van der Waals surface area contributed by atoms with Gasteiger partial charge in [-0.15, -0.1) is 10.2 Å². The minimum atomic E-state index is -4.40. The summed E-state index contributed by atoms with van der Waals surface area (Å²) in [6, 6.07) is 1.20. The molecule has 0 aromatic carbocycles. The Morgan fingerprint density at radius 3 is 2.39 bits per heavy atom. The first-order valence-electron chi connectivity index (χ1n) is 5.94. The van der Waals surface area contributed by atoms with Gasteiger partial charge in [0, 0.05) is 18.1 Å². The third kappa shape index (κ3) is 2.44. The zero-order chi connectivity index (χ0) is 12.8. The number of halogens is 3. The first-order valence-corrected chi connectivity index (χ1v) is 6.75. The molecule has 100 valence electrons. The Labute approximate surface area is 106 Å². The quantitative estimate of drug-likeness (QED) is 0.871. The van der Waals surface area contributed by atoms with Crippen LogP contribution in [0.3, 0.4) is 0 Å². The molecule has 2 N–H and O–H groups in total. The number of anilines is 1. The van der Waals surface area contributed by atoms with E-state index in [1.54, 1.807) is 0 Å². The maximum Gasteiger partial charge on any atom is 0.445 e. The number of hydrogen-bond acceptors (Lipinski definition) is 5. The molecule has 2 unspecified atom stereocenters. The van der Waals surface area contributed by atoms with Gasteiger partial charge in [0.15, 0.2) is 0 Å². The van der Waals surface area contributed by atoms with Gasteiger partial charge in [-0.2, -0.15) is 13.2 Å². The van der Waals surface area contributed by atoms with Crippen molar-refractivity contribution in [1.82, 2.24) is 15.5 Å². The standard InChI is InChI=1S/C10H13F3N4S/c11-10(12,13)8-16-17-9(18-8)15-7-3-5-1-2-6(4-7)14-5/h5-7,14H,1-4H2,(H,15,17). The Morgan fingerprint density at radius 2 is 1.83 bits per heavy atom. The molecule has 3 rings (SSSR count). The Hall–Kier alpha value is -0.890. The predicted octanol–water partition coefficient (Wildman–Crippen LogP) is 2.25. The van der Waals surface area contributed by atoms with Crippen LogP contribution in [0.2, 0.25) is 0 Å². The van der Waals surface area contributed by atoms with Crippen LogP contribution in [0.15, 0.2) is 0 Å². The SMILES string of the molecule is FC(F)(F)c1nnc(NC2CC3CCC(C2)N3)s1. The molecule has 2 fully saturated rings. The maximum atomic E-state index is 12.4. The van der Waals surface area contributed by atoms with Gasteiger partial charge in [-0.05, 0) is 25.7 Å². The lowest BCUT2D eigenvalue weighted by Crippen LogP contribution is -2.43. The molecule has 3 heterocycles. The van der Waals surface area contributed by atoms with Crippen LogP contribution in [-0.2, 0) is 6.18 Å². The summed E-state index contributed by atoms with van der Waals surface area (Å²) >= 11 is 0.578. The molecular formula is C10H13F3N4S. The van der Waals surface area contributed by atoms with E-state index in [1.807, 2.05) is 0 Å². The van der Waals surface area contributed by atoms with Crippen molar-refractivity contribution in [2.24, 2.45) is 0 Å². The van der Waals surface area contributed by atoms with E-state index in [0.717, 1.165) is 25.7 Å². The van der Waals surface area contributed by atoms with Gasteiger partial charge in [0.1, 0.15) is 0 Å².